The van der Waals surface area contributed by atoms with Crippen molar-refractivity contribution >= 4 is 17.9 Å². The van der Waals surface area contributed by atoms with E-state index in [9.17, 15) is 4.79 Å². The lowest BCUT2D eigenvalue weighted by atomic mass is 9.91. The molecule has 0 aliphatic rings. The maximum Gasteiger partial charge on any atom is 0.171 e. The molecule has 1 heterocycles. The summed E-state index contributed by atoms with van der Waals surface area (Å²) in [6.45, 7) is 6.32. The Bertz CT molecular complexity index is 344. The van der Waals surface area contributed by atoms with E-state index < -0.39 is 0 Å². The fourth-order valence-corrected chi connectivity index (χ4v) is 1.32. The van der Waals surface area contributed by atoms with Gasteiger partial charge in [0.15, 0.2) is 11.4 Å². The minimum Gasteiger partial charge on any atom is -0.296 e. The molecule has 0 radical (unpaired) electrons. The Hall–Kier alpha value is -0.960. The summed E-state index contributed by atoms with van der Waals surface area (Å²) >= 11 is 5.75. The van der Waals surface area contributed by atoms with Crippen LogP contribution in [0.1, 0.15) is 37.0 Å². The summed E-state index contributed by atoms with van der Waals surface area (Å²) in [5, 5.41) is 0.182. The first-order chi connectivity index (χ1) is 6.42. The van der Waals surface area contributed by atoms with Crippen LogP contribution in [0.5, 0.6) is 0 Å². The second kappa shape index (κ2) is 4.05. The number of hydrogen-bond donors (Lipinski definition) is 0. The minimum atomic E-state index is 0.140. The standard InChI is InChI=1S/C10H13ClN2O/c1-10(2,3)4-7-5-12-8(6-14)9(11)13-7/h5-6H,4H2,1-3H3. The average molecular weight is 213 g/mol. The molecule has 0 bridgehead atoms. The molecule has 1 aromatic rings. The molecule has 0 unspecified atom stereocenters. The van der Waals surface area contributed by atoms with Crippen molar-refractivity contribution in [2.45, 2.75) is 27.2 Å². The summed E-state index contributed by atoms with van der Waals surface area (Å²) in [7, 11) is 0. The molecule has 1 rings (SSSR count). The van der Waals surface area contributed by atoms with E-state index in [4.69, 9.17) is 11.6 Å². The highest BCUT2D eigenvalue weighted by Crippen LogP contribution is 2.20. The van der Waals surface area contributed by atoms with E-state index in [0.717, 1.165) is 12.1 Å². The number of carbonyl (C=O) groups is 1. The second-order valence-electron chi connectivity index (χ2n) is 4.39. The Morgan fingerprint density at radius 3 is 2.57 bits per heavy atom. The van der Waals surface area contributed by atoms with E-state index in [1.54, 1.807) is 6.20 Å². The molecule has 14 heavy (non-hydrogen) atoms. The summed E-state index contributed by atoms with van der Waals surface area (Å²) in [6.07, 6.45) is 3.00. The van der Waals surface area contributed by atoms with E-state index in [2.05, 4.69) is 30.7 Å². The van der Waals surface area contributed by atoms with Crippen LogP contribution in [0.15, 0.2) is 6.20 Å². The number of aromatic nitrogens is 2. The van der Waals surface area contributed by atoms with Gasteiger partial charge in [0.2, 0.25) is 0 Å². The van der Waals surface area contributed by atoms with Gasteiger partial charge in [0.05, 0.1) is 5.69 Å². The fourth-order valence-electron chi connectivity index (χ4n) is 1.12. The smallest absolute Gasteiger partial charge is 0.171 e. The van der Waals surface area contributed by atoms with Gasteiger partial charge in [-0.25, -0.2) is 9.97 Å². The summed E-state index contributed by atoms with van der Waals surface area (Å²) in [5.41, 5.74) is 1.15. The molecule has 0 atom stereocenters. The monoisotopic (exact) mass is 212 g/mol. The van der Waals surface area contributed by atoms with Gasteiger partial charge in [0, 0.05) is 6.20 Å². The molecule has 0 saturated heterocycles. The third-order valence-corrected chi connectivity index (χ3v) is 1.91. The zero-order valence-corrected chi connectivity index (χ0v) is 9.30. The van der Waals surface area contributed by atoms with E-state index >= 15 is 0 Å². The Kier molecular flexibility index (Phi) is 3.21. The molecular weight excluding hydrogens is 200 g/mol. The van der Waals surface area contributed by atoms with Crippen molar-refractivity contribution in [2.24, 2.45) is 5.41 Å². The average Bonchev–Trinajstić information content (AvgIpc) is 2.01. The van der Waals surface area contributed by atoms with Crippen LogP contribution in [0.2, 0.25) is 5.15 Å². The van der Waals surface area contributed by atoms with Crippen molar-refractivity contribution in [2.75, 3.05) is 0 Å². The molecule has 0 saturated carbocycles. The van der Waals surface area contributed by atoms with Crippen LogP contribution in [0.4, 0.5) is 0 Å². The number of aldehydes is 1. The van der Waals surface area contributed by atoms with Crippen LogP contribution in [-0.2, 0) is 6.42 Å². The van der Waals surface area contributed by atoms with Crippen LogP contribution in [0, 0.1) is 5.41 Å². The highest BCUT2D eigenvalue weighted by molar-refractivity contribution is 6.31. The van der Waals surface area contributed by atoms with Crippen molar-refractivity contribution in [1.82, 2.24) is 9.97 Å². The van der Waals surface area contributed by atoms with Gasteiger partial charge in [-0.2, -0.15) is 0 Å². The summed E-state index contributed by atoms with van der Waals surface area (Å²) < 4.78 is 0. The zero-order chi connectivity index (χ0) is 10.8. The van der Waals surface area contributed by atoms with Gasteiger partial charge in [-0.3, -0.25) is 4.79 Å². The first-order valence-corrected chi connectivity index (χ1v) is 4.77. The molecule has 3 nitrogen and oxygen atoms in total. The van der Waals surface area contributed by atoms with Gasteiger partial charge < -0.3 is 0 Å². The SMILES string of the molecule is CC(C)(C)Cc1cnc(C=O)c(Cl)n1. The van der Waals surface area contributed by atoms with Crippen LogP contribution >= 0.6 is 11.6 Å². The van der Waals surface area contributed by atoms with E-state index in [1.165, 1.54) is 0 Å². The Morgan fingerprint density at radius 1 is 1.50 bits per heavy atom. The molecule has 0 spiro atoms. The lowest BCUT2D eigenvalue weighted by Crippen LogP contribution is -2.11. The lowest BCUT2D eigenvalue weighted by molar-refractivity contribution is 0.111. The number of nitrogens with zero attached hydrogens (tertiary/aromatic N) is 2. The first-order valence-electron chi connectivity index (χ1n) is 4.39. The van der Waals surface area contributed by atoms with Crippen LogP contribution in [0.3, 0.4) is 0 Å². The lowest BCUT2D eigenvalue weighted by Gasteiger charge is -2.16. The Morgan fingerprint density at radius 2 is 2.14 bits per heavy atom. The van der Waals surface area contributed by atoms with Gasteiger partial charge in [-0.15, -0.1) is 0 Å². The van der Waals surface area contributed by atoms with Crippen molar-refractivity contribution in [3.05, 3.63) is 22.7 Å². The molecule has 1 aromatic heterocycles. The van der Waals surface area contributed by atoms with Gasteiger partial charge in [0.1, 0.15) is 5.69 Å². The summed E-state index contributed by atoms with van der Waals surface area (Å²) in [4.78, 5) is 18.5. The van der Waals surface area contributed by atoms with Crippen molar-refractivity contribution in [1.29, 1.82) is 0 Å². The number of halogens is 1. The van der Waals surface area contributed by atoms with Gasteiger partial charge >= 0.3 is 0 Å². The van der Waals surface area contributed by atoms with Crippen LogP contribution in [-0.4, -0.2) is 16.3 Å². The first kappa shape index (κ1) is 11.1. The molecule has 0 fully saturated rings. The van der Waals surface area contributed by atoms with E-state index in [-0.39, 0.29) is 16.3 Å². The highest BCUT2D eigenvalue weighted by atomic mass is 35.5. The maximum absolute atomic E-state index is 10.4. The molecule has 0 N–H and O–H groups in total. The minimum absolute atomic E-state index is 0.140. The largest absolute Gasteiger partial charge is 0.296 e. The predicted molar refractivity (Wildman–Crippen MR) is 55.6 cm³/mol. The second-order valence-corrected chi connectivity index (χ2v) is 4.75. The van der Waals surface area contributed by atoms with Crippen molar-refractivity contribution in [3.8, 4) is 0 Å². The third kappa shape index (κ3) is 3.07. The van der Waals surface area contributed by atoms with Gasteiger partial charge in [-0.05, 0) is 11.8 Å². The van der Waals surface area contributed by atoms with Gasteiger partial charge in [-0.1, -0.05) is 32.4 Å². The highest BCUT2D eigenvalue weighted by Gasteiger charge is 2.13. The molecule has 0 aromatic carbocycles. The predicted octanol–water partition coefficient (Wildman–Crippen LogP) is 2.53. The van der Waals surface area contributed by atoms with Crippen LogP contribution < -0.4 is 0 Å². The van der Waals surface area contributed by atoms with E-state index in [0.29, 0.717) is 6.29 Å². The van der Waals surface area contributed by atoms with Crippen molar-refractivity contribution in [3.63, 3.8) is 0 Å². The molecule has 76 valence electrons. The van der Waals surface area contributed by atoms with Crippen LogP contribution in [0.25, 0.3) is 0 Å². The zero-order valence-electron chi connectivity index (χ0n) is 8.54. The summed E-state index contributed by atoms with van der Waals surface area (Å²) in [6, 6.07) is 0. The number of hydrogen-bond acceptors (Lipinski definition) is 3. The number of carbonyl (C=O) groups excluding carboxylic acids is 1. The Labute approximate surface area is 88.5 Å². The maximum atomic E-state index is 10.4. The normalized spacial score (nSPS) is 11.4. The van der Waals surface area contributed by atoms with E-state index in [1.807, 2.05) is 0 Å². The molecule has 0 amide bonds. The quantitative estimate of drug-likeness (QED) is 0.708. The molecule has 0 aliphatic heterocycles. The fraction of sp³-hybridized carbons (Fsp3) is 0.500. The van der Waals surface area contributed by atoms with Crippen molar-refractivity contribution < 1.29 is 4.79 Å². The number of rotatable bonds is 2. The molecule has 4 heteroatoms. The van der Waals surface area contributed by atoms with Gasteiger partial charge in [0.25, 0.3) is 0 Å². The third-order valence-electron chi connectivity index (χ3n) is 1.63. The topological polar surface area (TPSA) is 42.9 Å². The molecular formula is C10H13ClN2O. The molecule has 0 aliphatic carbocycles. The summed E-state index contributed by atoms with van der Waals surface area (Å²) in [5.74, 6) is 0. The Balaban J connectivity index is 2.92.